The molecule has 17 heavy (non-hydrogen) atoms. The van der Waals surface area contributed by atoms with E-state index in [1.807, 2.05) is 0 Å². The van der Waals surface area contributed by atoms with Gasteiger partial charge in [0.25, 0.3) is 5.56 Å². The Bertz CT molecular complexity index is 550. The Hall–Kier alpha value is -1.44. The van der Waals surface area contributed by atoms with E-state index >= 15 is 0 Å². The Balaban J connectivity index is 2.05. The van der Waals surface area contributed by atoms with Crippen molar-refractivity contribution in [1.82, 2.24) is 9.55 Å². The molecule has 7 nitrogen and oxygen atoms in total. The maximum absolute atomic E-state index is 11.6. The van der Waals surface area contributed by atoms with Gasteiger partial charge < -0.3 is 14.9 Å². The van der Waals surface area contributed by atoms with Crippen LogP contribution in [-0.2, 0) is 4.74 Å². The molecular weight excluding hydrogens is 228 g/mol. The van der Waals surface area contributed by atoms with Crippen LogP contribution in [0.5, 0.6) is 0 Å². The van der Waals surface area contributed by atoms with E-state index in [1.54, 1.807) is 0 Å². The van der Waals surface area contributed by atoms with Gasteiger partial charge in [0.1, 0.15) is 12.2 Å². The smallest absolute Gasteiger partial charge is 0.328 e. The van der Waals surface area contributed by atoms with Gasteiger partial charge in [-0.05, 0) is 0 Å². The molecule has 0 unspecified atom stereocenters. The molecule has 0 amide bonds. The van der Waals surface area contributed by atoms with Crippen LogP contribution in [0.3, 0.4) is 0 Å². The maximum Gasteiger partial charge on any atom is 0.328 e. The molecule has 3 N–H and O–H groups in total. The largest absolute Gasteiger partial charge is 0.390 e. The van der Waals surface area contributed by atoms with E-state index in [2.05, 4.69) is 4.98 Å². The van der Waals surface area contributed by atoms with Crippen LogP contribution < -0.4 is 11.2 Å². The second kappa shape index (κ2) is 3.52. The fourth-order valence-corrected chi connectivity index (χ4v) is 2.74. The molecule has 92 valence electrons. The number of rotatable bonds is 1. The quantitative estimate of drug-likeness (QED) is 0.518. The molecule has 1 aromatic heterocycles. The third-order valence-electron chi connectivity index (χ3n) is 3.55. The first kappa shape index (κ1) is 10.7. The van der Waals surface area contributed by atoms with E-state index in [9.17, 15) is 19.8 Å². The van der Waals surface area contributed by atoms with Crippen LogP contribution in [0.25, 0.3) is 0 Å². The first-order valence-electron chi connectivity index (χ1n) is 5.39. The van der Waals surface area contributed by atoms with E-state index in [4.69, 9.17) is 4.74 Å². The van der Waals surface area contributed by atoms with Gasteiger partial charge in [-0.2, -0.15) is 0 Å². The monoisotopic (exact) mass is 240 g/mol. The van der Waals surface area contributed by atoms with E-state index in [1.165, 1.54) is 16.8 Å². The Labute approximate surface area is 95.3 Å². The summed E-state index contributed by atoms with van der Waals surface area (Å²) in [5.41, 5.74) is -1.07. The van der Waals surface area contributed by atoms with Gasteiger partial charge in [0.05, 0.1) is 18.8 Å². The molecule has 2 heterocycles. The fraction of sp³-hybridized carbons (Fsp3) is 0.600. The number of aromatic amines is 1. The summed E-state index contributed by atoms with van der Waals surface area (Å²) >= 11 is 0. The number of hydrogen-bond donors (Lipinski definition) is 3. The van der Waals surface area contributed by atoms with E-state index in [-0.39, 0.29) is 5.92 Å². The first-order valence-corrected chi connectivity index (χ1v) is 5.39. The minimum Gasteiger partial charge on any atom is -0.390 e. The third-order valence-corrected chi connectivity index (χ3v) is 3.55. The van der Waals surface area contributed by atoms with Crippen molar-refractivity contribution in [2.75, 3.05) is 6.61 Å². The maximum atomic E-state index is 11.6. The Morgan fingerprint density at radius 3 is 2.71 bits per heavy atom. The van der Waals surface area contributed by atoms with Crippen LogP contribution in [-0.4, -0.2) is 44.7 Å². The SMILES string of the molecule is O=c1ccn([C@H]2[C@H](O)[C@@H]3OC[C@H]2[C@@H]3O)c(=O)[nH]1. The van der Waals surface area contributed by atoms with Crippen molar-refractivity contribution in [2.45, 2.75) is 24.4 Å². The second-order valence-corrected chi connectivity index (χ2v) is 4.45. The zero-order chi connectivity index (χ0) is 12.2. The average molecular weight is 240 g/mol. The molecule has 2 fully saturated rings. The number of fused-ring (bicyclic) bond motifs is 2. The number of nitrogens with one attached hydrogen (secondary N) is 1. The molecule has 0 spiro atoms. The van der Waals surface area contributed by atoms with Crippen molar-refractivity contribution in [3.05, 3.63) is 33.1 Å². The van der Waals surface area contributed by atoms with Gasteiger partial charge in [0.2, 0.25) is 0 Å². The van der Waals surface area contributed by atoms with Crippen molar-refractivity contribution in [3.63, 3.8) is 0 Å². The summed E-state index contributed by atoms with van der Waals surface area (Å²) in [5.74, 6) is -0.321. The van der Waals surface area contributed by atoms with E-state index in [0.717, 1.165) is 0 Å². The summed E-state index contributed by atoms with van der Waals surface area (Å²) in [5, 5.41) is 19.8. The Morgan fingerprint density at radius 1 is 1.35 bits per heavy atom. The predicted molar refractivity (Wildman–Crippen MR) is 55.6 cm³/mol. The lowest BCUT2D eigenvalue weighted by Gasteiger charge is -2.27. The van der Waals surface area contributed by atoms with Crippen molar-refractivity contribution in [1.29, 1.82) is 0 Å². The first-order chi connectivity index (χ1) is 8.09. The van der Waals surface area contributed by atoms with Gasteiger partial charge in [-0.3, -0.25) is 14.3 Å². The number of aliphatic hydroxyl groups excluding tert-OH is 2. The summed E-state index contributed by atoms with van der Waals surface area (Å²) in [6, 6.07) is 0.668. The number of ether oxygens (including phenoxy) is 1. The summed E-state index contributed by atoms with van der Waals surface area (Å²) in [4.78, 5) is 24.7. The summed E-state index contributed by atoms with van der Waals surface area (Å²) in [6.45, 7) is 0.305. The van der Waals surface area contributed by atoms with Crippen LogP contribution >= 0.6 is 0 Å². The van der Waals surface area contributed by atoms with Crippen LogP contribution in [0.4, 0.5) is 0 Å². The van der Waals surface area contributed by atoms with Crippen molar-refractivity contribution < 1.29 is 14.9 Å². The summed E-state index contributed by atoms with van der Waals surface area (Å²) in [6.07, 6.45) is -1.02. The molecule has 3 rings (SSSR count). The van der Waals surface area contributed by atoms with Gasteiger partial charge in [0, 0.05) is 18.2 Å². The average Bonchev–Trinajstić information content (AvgIpc) is 2.73. The highest BCUT2D eigenvalue weighted by atomic mass is 16.5. The Kier molecular flexibility index (Phi) is 2.22. The third kappa shape index (κ3) is 1.40. The lowest BCUT2D eigenvalue weighted by Crippen LogP contribution is -2.42. The second-order valence-electron chi connectivity index (χ2n) is 4.45. The Morgan fingerprint density at radius 2 is 2.12 bits per heavy atom. The van der Waals surface area contributed by atoms with E-state index in [0.29, 0.717) is 6.61 Å². The van der Waals surface area contributed by atoms with Crippen LogP contribution in [0.1, 0.15) is 6.04 Å². The van der Waals surface area contributed by atoms with Crippen molar-refractivity contribution >= 4 is 0 Å². The molecule has 1 aliphatic carbocycles. The van der Waals surface area contributed by atoms with E-state index < -0.39 is 35.6 Å². The summed E-state index contributed by atoms with van der Waals surface area (Å²) in [7, 11) is 0. The fourth-order valence-electron chi connectivity index (χ4n) is 2.74. The minimum atomic E-state index is -0.938. The number of aromatic nitrogens is 2. The number of hydrogen-bond acceptors (Lipinski definition) is 5. The minimum absolute atomic E-state index is 0.305. The highest BCUT2D eigenvalue weighted by molar-refractivity contribution is 5.07. The molecule has 1 aliphatic heterocycles. The number of aliphatic hydroxyl groups is 2. The molecule has 2 aliphatic rings. The number of nitrogens with zero attached hydrogens (tertiary/aromatic N) is 1. The molecule has 5 atom stereocenters. The lowest BCUT2D eigenvalue weighted by atomic mass is 10.0. The molecule has 1 saturated carbocycles. The van der Waals surface area contributed by atoms with Gasteiger partial charge in [-0.15, -0.1) is 0 Å². The highest BCUT2D eigenvalue weighted by Crippen LogP contribution is 2.42. The molecule has 1 aromatic rings. The lowest BCUT2D eigenvalue weighted by molar-refractivity contribution is -0.0616. The van der Waals surface area contributed by atoms with Gasteiger partial charge in [-0.1, -0.05) is 0 Å². The topological polar surface area (TPSA) is 105 Å². The molecule has 2 bridgehead atoms. The number of H-pyrrole nitrogens is 1. The summed E-state index contributed by atoms with van der Waals surface area (Å²) < 4.78 is 6.46. The molecule has 0 radical (unpaired) electrons. The zero-order valence-corrected chi connectivity index (χ0v) is 8.81. The van der Waals surface area contributed by atoms with Gasteiger partial charge >= 0.3 is 5.69 Å². The van der Waals surface area contributed by atoms with Crippen LogP contribution in [0.2, 0.25) is 0 Å². The van der Waals surface area contributed by atoms with Crippen LogP contribution in [0.15, 0.2) is 21.9 Å². The predicted octanol–water partition coefficient (Wildman–Crippen LogP) is -2.17. The molecular formula is C10H12N2O5. The molecule has 1 saturated heterocycles. The zero-order valence-electron chi connectivity index (χ0n) is 8.81. The van der Waals surface area contributed by atoms with Gasteiger partial charge in [0.15, 0.2) is 0 Å². The normalized spacial score (nSPS) is 39.8. The van der Waals surface area contributed by atoms with Gasteiger partial charge in [-0.25, -0.2) is 4.79 Å². The standard InChI is InChI=1S/C10H12N2O5/c13-5-1-2-12(10(16)11-5)6-4-3-17-9(7(4)14)8(6)15/h1-2,4,6-9,14-15H,3H2,(H,11,13,16)/t4-,6-,7+,8+,9-/m1/s1. The van der Waals surface area contributed by atoms with Crippen LogP contribution in [0, 0.1) is 5.92 Å². The van der Waals surface area contributed by atoms with Crippen molar-refractivity contribution in [3.8, 4) is 0 Å². The highest BCUT2D eigenvalue weighted by Gasteiger charge is 2.56. The molecule has 0 aromatic carbocycles. The molecule has 7 heteroatoms. The van der Waals surface area contributed by atoms with Crippen molar-refractivity contribution in [2.24, 2.45) is 5.92 Å².